The molecule has 8 nitrogen and oxygen atoms in total. The van der Waals surface area contributed by atoms with Crippen LogP contribution in [0, 0.1) is 0 Å². The molecule has 9 heteroatoms. The average Bonchev–Trinajstić information content (AvgIpc) is 3.32. The van der Waals surface area contributed by atoms with Crippen molar-refractivity contribution in [2.45, 2.75) is 26.7 Å². The number of hydrogen-bond acceptors (Lipinski definition) is 8. The number of benzene rings is 3. The van der Waals surface area contributed by atoms with Crippen molar-refractivity contribution in [1.82, 2.24) is 4.98 Å². The van der Waals surface area contributed by atoms with Gasteiger partial charge in [-0.05, 0) is 54.3 Å². The summed E-state index contributed by atoms with van der Waals surface area (Å²) in [6.07, 6.45) is 1.09. The van der Waals surface area contributed by atoms with Crippen LogP contribution in [0.2, 0.25) is 0 Å². The van der Waals surface area contributed by atoms with Gasteiger partial charge in [0.05, 0.1) is 33.9 Å². The highest BCUT2D eigenvalue weighted by Gasteiger charge is 2.35. The van der Waals surface area contributed by atoms with E-state index in [1.807, 2.05) is 42.5 Å². The van der Waals surface area contributed by atoms with Crippen LogP contribution in [0.1, 0.15) is 30.9 Å². The van der Waals surface area contributed by atoms with Crippen molar-refractivity contribution in [3.05, 3.63) is 77.7 Å². The largest absolute Gasteiger partial charge is 0.493 e. The van der Waals surface area contributed by atoms with Crippen LogP contribution >= 0.6 is 7.60 Å². The molecule has 1 heterocycles. The van der Waals surface area contributed by atoms with Crippen LogP contribution < -0.4 is 20.2 Å². The Bertz CT molecular complexity index is 1370. The second-order valence-corrected chi connectivity index (χ2v) is 10.2. The van der Waals surface area contributed by atoms with Crippen LogP contribution in [0.25, 0.3) is 10.8 Å². The molecule has 1 aromatic heterocycles. The Morgan fingerprint density at radius 3 is 2.38 bits per heavy atom. The topological polar surface area (TPSA) is 92.1 Å². The smallest absolute Gasteiger partial charge is 0.385 e. The SMILES string of the molecule is CCOP(=O)(OCC)c1nc(Cc2cccc3ccccc23)oc1NCCc1ccc(OC)c(OC)c1. The van der Waals surface area contributed by atoms with Gasteiger partial charge in [-0.25, -0.2) is 4.98 Å². The highest BCUT2D eigenvalue weighted by atomic mass is 31.2. The third-order valence-electron chi connectivity index (χ3n) is 5.88. The zero-order valence-electron chi connectivity index (χ0n) is 21.7. The van der Waals surface area contributed by atoms with Gasteiger partial charge in [0.1, 0.15) is 0 Å². The quantitative estimate of drug-likeness (QED) is 0.214. The molecule has 0 amide bonds. The molecule has 196 valence electrons. The number of hydrogen-bond donors (Lipinski definition) is 1. The number of rotatable bonds is 13. The Morgan fingerprint density at radius 1 is 0.919 bits per heavy atom. The minimum atomic E-state index is -3.68. The zero-order valence-corrected chi connectivity index (χ0v) is 22.5. The predicted octanol–water partition coefficient (Wildman–Crippen LogP) is 5.98. The summed E-state index contributed by atoms with van der Waals surface area (Å²) in [6, 6.07) is 20.1. The number of anilines is 1. The third-order valence-corrected chi connectivity index (χ3v) is 7.90. The van der Waals surface area contributed by atoms with Crippen molar-refractivity contribution in [3.63, 3.8) is 0 Å². The number of fused-ring (bicyclic) bond motifs is 1. The van der Waals surface area contributed by atoms with Crippen molar-refractivity contribution in [3.8, 4) is 11.5 Å². The van der Waals surface area contributed by atoms with Gasteiger partial charge in [0.2, 0.25) is 17.2 Å². The summed E-state index contributed by atoms with van der Waals surface area (Å²) in [4.78, 5) is 4.62. The fraction of sp³-hybridized carbons (Fsp3) is 0.321. The van der Waals surface area contributed by atoms with E-state index in [9.17, 15) is 4.57 Å². The molecular weight excluding hydrogens is 491 g/mol. The van der Waals surface area contributed by atoms with E-state index >= 15 is 0 Å². The Hall–Kier alpha value is -3.32. The number of nitrogens with zero attached hydrogens (tertiary/aromatic N) is 1. The normalized spacial score (nSPS) is 11.6. The minimum absolute atomic E-state index is 0.166. The molecular formula is C28H33N2O6P. The first kappa shape index (κ1) is 26.7. The van der Waals surface area contributed by atoms with Crippen LogP contribution in [0.5, 0.6) is 11.5 Å². The van der Waals surface area contributed by atoms with Crippen LogP contribution in [-0.2, 0) is 26.5 Å². The first-order valence-electron chi connectivity index (χ1n) is 12.3. The van der Waals surface area contributed by atoms with E-state index in [1.54, 1.807) is 28.1 Å². The molecule has 0 saturated heterocycles. The lowest BCUT2D eigenvalue weighted by atomic mass is 10.0. The maximum Gasteiger partial charge on any atom is 0.385 e. The third kappa shape index (κ3) is 6.16. The molecule has 0 saturated carbocycles. The van der Waals surface area contributed by atoms with E-state index in [1.165, 1.54) is 0 Å². The molecule has 0 aliphatic carbocycles. The van der Waals surface area contributed by atoms with E-state index in [0.717, 1.165) is 21.9 Å². The van der Waals surface area contributed by atoms with Crippen molar-refractivity contribution >= 4 is 29.7 Å². The molecule has 4 rings (SSSR count). The van der Waals surface area contributed by atoms with Gasteiger partial charge in [0, 0.05) is 6.54 Å². The molecule has 0 atom stereocenters. The summed E-state index contributed by atoms with van der Waals surface area (Å²) in [5.74, 6) is 2.06. The number of ether oxygens (including phenoxy) is 2. The Morgan fingerprint density at radius 2 is 1.65 bits per heavy atom. The molecule has 0 aliphatic rings. The fourth-order valence-electron chi connectivity index (χ4n) is 4.20. The summed E-state index contributed by atoms with van der Waals surface area (Å²) in [6.45, 7) is 4.48. The number of oxazole rings is 1. The van der Waals surface area contributed by atoms with Gasteiger partial charge >= 0.3 is 7.60 Å². The lowest BCUT2D eigenvalue weighted by Gasteiger charge is -2.15. The molecule has 37 heavy (non-hydrogen) atoms. The minimum Gasteiger partial charge on any atom is -0.493 e. The first-order chi connectivity index (χ1) is 18.0. The molecule has 0 unspecified atom stereocenters. The summed E-state index contributed by atoms with van der Waals surface area (Å²) in [5.41, 5.74) is 2.27. The Labute approximate surface area is 217 Å². The lowest BCUT2D eigenvalue weighted by Crippen LogP contribution is -2.18. The van der Waals surface area contributed by atoms with Crippen LogP contribution in [0.3, 0.4) is 0 Å². The van der Waals surface area contributed by atoms with E-state index in [-0.39, 0.29) is 18.6 Å². The van der Waals surface area contributed by atoms with E-state index in [0.29, 0.717) is 42.7 Å². The zero-order chi connectivity index (χ0) is 26.3. The van der Waals surface area contributed by atoms with Crippen molar-refractivity contribution in [2.75, 3.05) is 39.3 Å². The number of methoxy groups -OCH3 is 2. The van der Waals surface area contributed by atoms with Gasteiger partial charge in [-0.2, -0.15) is 0 Å². The number of nitrogens with one attached hydrogen (secondary N) is 1. The molecule has 0 aliphatic heterocycles. The molecule has 0 bridgehead atoms. The summed E-state index contributed by atoms with van der Waals surface area (Å²) in [5, 5.41) is 5.51. The average molecular weight is 525 g/mol. The Balaban J connectivity index is 1.61. The van der Waals surface area contributed by atoms with Crippen LogP contribution in [0.15, 0.2) is 65.1 Å². The molecule has 0 radical (unpaired) electrons. The van der Waals surface area contributed by atoms with Crippen LogP contribution in [0.4, 0.5) is 5.88 Å². The Kier molecular flexibility index (Phi) is 8.87. The van der Waals surface area contributed by atoms with Crippen molar-refractivity contribution < 1.29 is 27.5 Å². The standard InChI is InChI=1S/C28H33N2O6P/c1-5-34-37(31,35-6-2)28-27(29-17-16-20-14-15-24(32-3)25(18-20)33-4)36-26(30-28)19-22-12-9-11-21-10-7-8-13-23(21)22/h7-15,18,29H,5-6,16-17,19H2,1-4H3. The monoisotopic (exact) mass is 524 g/mol. The van der Waals surface area contributed by atoms with Crippen LogP contribution in [-0.4, -0.2) is 39.0 Å². The van der Waals surface area contributed by atoms with E-state index in [4.69, 9.17) is 22.9 Å². The fourth-order valence-corrected chi connectivity index (χ4v) is 5.80. The molecule has 0 spiro atoms. The maximum atomic E-state index is 13.7. The number of aromatic nitrogens is 1. The highest BCUT2D eigenvalue weighted by Crippen LogP contribution is 2.48. The molecule has 0 fully saturated rings. The van der Waals surface area contributed by atoms with Gasteiger partial charge in [0.25, 0.3) is 0 Å². The maximum absolute atomic E-state index is 13.7. The summed E-state index contributed by atoms with van der Waals surface area (Å²) >= 11 is 0. The van der Waals surface area contributed by atoms with Crippen molar-refractivity contribution in [2.24, 2.45) is 0 Å². The van der Waals surface area contributed by atoms with Gasteiger partial charge in [-0.15, -0.1) is 0 Å². The van der Waals surface area contributed by atoms with Gasteiger partial charge in [-0.3, -0.25) is 4.57 Å². The van der Waals surface area contributed by atoms with E-state index in [2.05, 4.69) is 28.5 Å². The molecule has 3 aromatic carbocycles. The van der Waals surface area contributed by atoms with Gasteiger partial charge in [0.15, 0.2) is 11.5 Å². The summed E-state index contributed by atoms with van der Waals surface area (Å²) < 4.78 is 41.7. The van der Waals surface area contributed by atoms with Gasteiger partial charge < -0.3 is 28.3 Å². The van der Waals surface area contributed by atoms with Crippen molar-refractivity contribution in [1.29, 1.82) is 0 Å². The van der Waals surface area contributed by atoms with Gasteiger partial charge in [-0.1, -0.05) is 48.5 Å². The molecule has 4 aromatic rings. The molecule has 1 N–H and O–H groups in total. The van der Waals surface area contributed by atoms with E-state index < -0.39 is 7.60 Å². The second kappa shape index (κ2) is 12.3. The summed E-state index contributed by atoms with van der Waals surface area (Å²) in [7, 11) is -0.466. The lowest BCUT2D eigenvalue weighted by molar-refractivity contribution is 0.229. The predicted molar refractivity (Wildman–Crippen MR) is 145 cm³/mol. The first-order valence-corrected chi connectivity index (χ1v) is 13.9. The highest BCUT2D eigenvalue weighted by molar-refractivity contribution is 7.62. The second-order valence-electron chi connectivity index (χ2n) is 8.27.